The minimum Gasteiger partial charge on any atom is -0.493 e. The predicted octanol–water partition coefficient (Wildman–Crippen LogP) is 3.36. The quantitative estimate of drug-likeness (QED) is 0.874. The van der Waals surface area contributed by atoms with Crippen LogP contribution in [0.2, 0.25) is 0 Å². The fourth-order valence-corrected chi connectivity index (χ4v) is 1.56. The lowest BCUT2D eigenvalue weighted by Crippen LogP contribution is -2.25. The van der Waals surface area contributed by atoms with Crippen LogP contribution in [0.5, 0.6) is 5.75 Å². The lowest BCUT2D eigenvalue weighted by Gasteiger charge is -2.23. The van der Waals surface area contributed by atoms with Gasteiger partial charge in [-0.05, 0) is 31.5 Å². The van der Waals surface area contributed by atoms with Crippen LogP contribution in [-0.2, 0) is 17.5 Å². The summed E-state index contributed by atoms with van der Waals surface area (Å²) in [6.45, 7) is 3.89. The first-order valence-corrected chi connectivity index (χ1v) is 6.28. The minimum atomic E-state index is -4.46. The molecule has 114 valence electrons. The Hall–Kier alpha value is -1.27. The van der Waals surface area contributed by atoms with Crippen molar-refractivity contribution in [2.75, 3.05) is 13.7 Å². The second-order valence-electron chi connectivity index (χ2n) is 5.09. The molecule has 0 unspecified atom stereocenters. The van der Waals surface area contributed by atoms with E-state index in [1.165, 1.54) is 12.1 Å². The Morgan fingerprint density at radius 1 is 1.20 bits per heavy atom. The van der Waals surface area contributed by atoms with E-state index in [9.17, 15) is 13.2 Å². The molecule has 1 rings (SSSR count). The van der Waals surface area contributed by atoms with Crippen LogP contribution < -0.4 is 10.5 Å². The van der Waals surface area contributed by atoms with Gasteiger partial charge in [0.25, 0.3) is 0 Å². The van der Waals surface area contributed by atoms with Crippen molar-refractivity contribution in [1.29, 1.82) is 0 Å². The molecule has 6 heteroatoms. The second-order valence-corrected chi connectivity index (χ2v) is 5.09. The van der Waals surface area contributed by atoms with E-state index < -0.39 is 17.3 Å². The van der Waals surface area contributed by atoms with Crippen LogP contribution in [0.25, 0.3) is 0 Å². The van der Waals surface area contributed by atoms with Crippen molar-refractivity contribution >= 4 is 0 Å². The highest BCUT2D eigenvalue weighted by molar-refractivity contribution is 5.39. The summed E-state index contributed by atoms with van der Waals surface area (Å²) in [4.78, 5) is 0. The Bertz CT molecular complexity index is 445. The number of methoxy groups -OCH3 is 1. The fraction of sp³-hybridized carbons (Fsp3) is 0.571. The van der Waals surface area contributed by atoms with Gasteiger partial charge < -0.3 is 15.2 Å². The maximum absolute atomic E-state index is 12.9. The standard InChI is InChI=1S/C14H20F3NO2/c1-13(2,19-3)6-7-20-12-5-4-10(9-18)8-11(12)14(15,16)17/h4-5,8H,6-7,9,18H2,1-3H3. The van der Waals surface area contributed by atoms with Crippen LogP contribution in [0.3, 0.4) is 0 Å². The second kappa shape index (κ2) is 6.45. The van der Waals surface area contributed by atoms with E-state index in [0.717, 1.165) is 6.07 Å². The number of alkyl halides is 3. The highest BCUT2D eigenvalue weighted by Crippen LogP contribution is 2.37. The molecule has 0 aliphatic carbocycles. The van der Waals surface area contributed by atoms with Crippen LogP contribution >= 0.6 is 0 Å². The van der Waals surface area contributed by atoms with E-state index in [0.29, 0.717) is 12.0 Å². The van der Waals surface area contributed by atoms with Gasteiger partial charge in [0, 0.05) is 20.1 Å². The topological polar surface area (TPSA) is 44.5 Å². The van der Waals surface area contributed by atoms with E-state index in [4.69, 9.17) is 15.2 Å². The Kier molecular flexibility index (Phi) is 5.42. The van der Waals surface area contributed by atoms with Crippen molar-refractivity contribution in [3.63, 3.8) is 0 Å². The largest absolute Gasteiger partial charge is 0.493 e. The monoisotopic (exact) mass is 291 g/mol. The minimum absolute atomic E-state index is 0.0556. The predicted molar refractivity (Wildman–Crippen MR) is 70.5 cm³/mol. The lowest BCUT2D eigenvalue weighted by molar-refractivity contribution is -0.139. The normalized spacial score (nSPS) is 12.6. The number of rotatable bonds is 6. The summed E-state index contributed by atoms with van der Waals surface area (Å²) < 4.78 is 49.3. The van der Waals surface area contributed by atoms with Gasteiger partial charge in [-0.2, -0.15) is 13.2 Å². The van der Waals surface area contributed by atoms with Crippen molar-refractivity contribution in [3.8, 4) is 5.75 Å². The van der Waals surface area contributed by atoms with Gasteiger partial charge in [-0.25, -0.2) is 0 Å². The lowest BCUT2D eigenvalue weighted by atomic mass is 10.1. The highest BCUT2D eigenvalue weighted by Gasteiger charge is 2.34. The summed E-state index contributed by atoms with van der Waals surface area (Å²) in [6, 6.07) is 3.87. The summed E-state index contributed by atoms with van der Waals surface area (Å²) in [5, 5.41) is 0. The number of benzene rings is 1. The smallest absolute Gasteiger partial charge is 0.419 e. The number of halogens is 3. The van der Waals surface area contributed by atoms with Gasteiger partial charge in [0.15, 0.2) is 0 Å². The summed E-state index contributed by atoms with van der Waals surface area (Å²) >= 11 is 0. The SMILES string of the molecule is COC(C)(C)CCOc1ccc(CN)cc1C(F)(F)F. The Balaban J connectivity index is 2.84. The molecule has 0 aromatic heterocycles. The molecule has 0 saturated carbocycles. The van der Waals surface area contributed by atoms with Gasteiger partial charge in [0.2, 0.25) is 0 Å². The fourth-order valence-electron chi connectivity index (χ4n) is 1.56. The van der Waals surface area contributed by atoms with Crippen LogP contribution in [0.1, 0.15) is 31.4 Å². The van der Waals surface area contributed by atoms with E-state index in [2.05, 4.69) is 0 Å². The molecule has 0 saturated heterocycles. The van der Waals surface area contributed by atoms with Crippen LogP contribution in [0.4, 0.5) is 13.2 Å². The summed E-state index contributed by atoms with van der Waals surface area (Å²) in [5.41, 5.74) is 4.55. The summed E-state index contributed by atoms with van der Waals surface area (Å²) in [5.74, 6) is -0.179. The van der Waals surface area contributed by atoms with Gasteiger partial charge in [-0.15, -0.1) is 0 Å². The first-order chi connectivity index (χ1) is 9.19. The maximum atomic E-state index is 12.9. The van der Waals surface area contributed by atoms with Gasteiger partial charge >= 0.3 is 6.18 Å². The number of nitrogens with two attached hydrogens (primary N) is 1. The molecule has 0 bridgehead atoms. The van der Waals surface area contributed by atoms with Crippen LogP contribution in [0, 0.1) is 0 Å². The zero-order valence-electron chi connectivity index (χ0n) is 11.9. The number of ether oxygens (including phenoxy) is 2. The van der Waals surface area contributed by atoms with Crippen molar-refractivity contribution < 1.29 is 22.6 Å². The van der Waals surface area contributed by atoms with Gasteiger partial charge in [-0.1, -0.05) is 6.07 Å². The molecule has 1 aromatic rings. The van der Waals surface area contributed by atoms with Gasteiger partial charge in [0.05, 0.1) is 17.8 Å². The van der Waals surface area contributed by atoms with Crippen molar-refractivity contribution in [3.05, 3.63) is 29.3 Å². The van der Waals surface area contributed by atoms with Crippen molar-refractivity contribution in [1.82, 2.24) is 0 Å². The molecule has 3 nitrogen and oxygen atoms in total. The van der Waals surface area contributed by atoms with Crippen LogP contribution in [0.15, 0.2) is 18.2 Å². The van der Waals surface area contributed by atoms with Gasteiger partial charge in [-0.3, -0.25) is 0 Å². The van der Waals surface area contributed by atoms with Gasteiger partial charge in [0.1, 0.15) is 5.75 Å². The van der Waals surface area contributed by atoms with Crippen LogP contribution in [-0.4, -0.2) is 19.3 Å². The molecule has 0 aliphatic rings. The van der Waals surface area contributed by atoms with E-state index >= 15 is 0 Å². The van der Waals surface area contributed by atoms with Crippen molar-refractivity contribution in [2.45, 2.75) is 38.6 Å². The Morgan fingerprint density at radius 2 is 1.85 bits per heavy atom. The number of hydrogen-bond donors (Lipinski definition) is 1. The molecule has 0 atom stereocenters. The summed E-state index contributed by atoms with van der Waals surface area (Å²) in [6.07, 6.45) is -3.98. The first kappa shape index (κ1) is 16.8. The zero-order chi connectivity index (χ0) is 15.4. The first-order valence-electron chi connectivity index (χ1n) is 6.28. The molecule has 1 aromatic carbocycles. The molecular weight excluding hydrogens is 271 g/mol. The maximum Gasteiger partial charge on any atom is 0.419 e. The Morgan fingerprint density at radius 3 is 2.35 bits per heavy atom. The number of hydrogen-bond acceptors (Lipinski definition) is 3. The molecule has 0 amide bonds. The van der Waals surface area contributed by atoms with E-state index in [1.54, 1.807) is 7.11 Å². The third kappa shape index (κ3) is 4.68. The highest BCUT2D eigenvalue weighted by atomic mass is 19.4. The molecular formula is C14H20F3NO2. The zero-order valence-corrected chi connectivity index (χ0v) is 11.9. The van der Waals surface area contributed by atoms with E-state index in [-0.39, 0.29) is 18.9 Å². The molecule has 2 N–H and O–H groups in total. The van der Waals surface area contributed by atoms with Crippen molar-refractivity contribution in [2.24, 2.45) is 5.73 Å². The molecule has 0 spiro atoms. The Labute approximate surface area is 116 Å². The average Bonchev–Trinajstić information content (AvgIpc) is 2.37. The summed E-state index contributed by atoms with van der Waals surface area (Å²) in [7, 11) is 1.55. The molecule has 20 heavy (non-hydrogen) atoms. The third-order valence-electron chi connectivity index (χ3n) is 3.10. The average molecular weight is 291 g/mol. The molecule has 0 heterocycles. The molecule has 0 fully saturated rings. The molecule has 0 radical (unpaired) electrons. The third-order valence-corrected chi connectivity index (χ3v) is 3.10. The van der Waals surface area contributed by atoms with E-state index in [1.807, 2.05) is 13.8 Å². The molecule has 0 aliphatic heterocycles.